The number of hydrogen-bond acceptors (Lipinski definition) is 11. The van der Waals surface area contributed by atoms with Crippen molar-refractivity contribution >= 4 is 53.0 Å². The lowest BCUT2D eigenvalue weighted by molar-refractivity contribution is -0.144. The number of ether oxygens (including phenoxy) is 2. The molecule has 12 nitrogen and oxygen atoms in total. The Kier molecular flexibility index (Phi) is 9.85. The number of benzene rings is 1. The number of rotatable bonds is 12. The number of alkyl halides is 2. The number of anilines is 1. The third-order valence-corrected chi connectivity index (χ3v) is 9.28. The van der Waals surface area contributed by atoms with Crippen LogP contribution in [0.3, 0.4) is 0 Å². The molecule has 0 saturated carbocycles. The number of fused-ring (bicyclic) bond motifs is 1. The van der Waals surface area contributed by atoms with Gasteiger partial charge in [-0.2, -0.15) is 0 Å². The number of nitrogens with zero attached hydrogens (tertiary/aromatic N) is 5. The molecule has 0 bridgehead atoms. The highest BCUT2D eigenvalue weighted by Gasteiger charge is 2.57. The molecule has 1 aliphatic rings. The predicted octanol–water partition coefficient (Wildman–Crippen LogP) is 3.27. The second-order valence-corrected chi connectivity index (χ2v) is 13.1. The van der Waals surface area contributed by atoms with Crippen molar-refractivity contribution in [3.8, 4) is 5.75 Å². The van der Waals surface area contributed by atoms with Gasteiger partial charge in [0.05, 0.1) is 25.4 Å². The number of aliphatic hydroxyl groups excluding tert-OH is 1. The van der Waals surface area contributed by atoms with Gasteiger partial charge in [-0.3, -0.25) is 9.36 Å². The van der Waals surface area contributed by atoms with Crippen molar-refractivity contribution in [1.82, 2.24) is 24.6 Å². The minimum atomic E-state index is -3.51. The van der Waals surface area contributed by atoms with E-state index in [2.05, 4.69) is 20.0 Å². The first kappa shape index (κ1) is 31.5. The van der Waals surface area contributed by atoms with Crippen molar-refractivity contribution in [2.75, 3.05) is 38.1 Å². The molecule has 3 heterocycles. The van der Waals surface area contributed by atoms with E-state index in [1.54, 1.807) is 56.0 Å². The Morgan fingerprint density at radius 3 is 2.71 bits per heavy atom. The summed E-state index contributed by atoms with van der Waals surface area (Å²) in [6.45, 7) is 1.16. The summed E-state index contributed by atoms with van der Waals surface area (Å²) in [7, 11) is 3.62. The lowest BCUT2D eigenvalue weighted by atomic mass is 9.99. The van der Waals surface area contributed by atoms with Crippen LogP contribution in [0.2, 0.25) is 0 Å². The Bertz CT molecular complexity index is 1420. The van der Waals surface area contributed by atoms with E-state index < -0.39 is 49.4 Å². The summed E-state index contributed by atoms with van der Waals surface area (Å²) >= 11 is 12.0. The summed E-state index contributed by atoms with van der Waals surface area (Å²) in [5.41, 5.74) is -0.961. The Balaban J connectivity index is 1.62. The molecule has 0 radical (unpaired) electrons. The minimum Gasteiger partial charge on any atom is -0.465 e. The fourth-order valence-electron chi connectivity index (χ4n) is 4.27. The van der Waals surface area contributed by atoms with Crippen LogP contribution >= 0.6 is 18.2 Å². The zero-order valence-electron chi connectivity index (χ0n) is 23.2. The first-order chi connectivity index (χ1) is 19.4. The lowest BCUT2D eigenvalue weighted by Gasteiger charge is -2.33. The Labute approximate surface area is 247 Å². The fraction of sp³-hybridized carbons (Fsp3) is 0.520. The summed E-state index contributed by atoms with van der Waals surface area (Å²) in [5, 5.41) is 14.0. The SMILES string of the molecule is CCOC(=O)[C@H](C)NP(=S)(OC[C@@]1(CCl)O[C@@H](n2cnc3c(N(C)C)nc(C)nc32)[C@@H](F)[C@@H]1O)Oc1ccccc1. The largest absolute Gasteiger partial charge is 0.465 e. The van der Waals surface area contributed by atoms with E-state index in [1.807, 2.05) is 14.1 Å². The highest BCUT2D eigenvalue weighted by Crippen LogP contribution is 2.49. The number of aryl methyl sites for hydroxylation is 1. The van der Waals surface area contributed by atoms with Crippen molar-refractivity contribution in [1.29, 1.82) is 0 Å². The first-order valence-corrected chi connectivity index (χ1v) is 16.0. The van der Waals surface area contributed by atoms with E-state index >= 15 is 4.39 Å². The average molecular weight is 631 g/mol. The van der Waals surface area contributed by atoms with Gasteiger partial charge in [0.2, 0.25) is 0 Å². The number of aliphatic hydroxyl groups is 1. The van der Waals surface area contributed by atoms with Gasteiger partial charge in [-0.05, 0) is 44.7 Å². The van der Waals surface area contributed by atoms with E-state index in [0.717, 1.165) is 0 Å². The van der Waals surface area contributed by atoms with Crippen LogP contribution in [0, 0.1) is 6.92 Å². The molecule has 0 spiro atoms. The molecule has 3 aromatic rings. The average Bonchev–Trinajstić information content (AvgIpc) is 3.46. The number of hydrogen-bond donors (Lipinski definition) is 2. The van der Waals surface area contributed by atoms with Gasteiger partial charge in [0, 0.05) is 14.1 Å². The molecule has 6 atom stereocenters. The van der Waals surface area contributed by atoms with E-state index in [4.69, 9.17) is 41.9 Å². The van der Waals surface area contributed by atoms with Gasteiger partial charge in [0.1, 0.15) is 29.3 Å². The monoisotopic (exact) mass is 630 g/mol. The summed E-state index contributed by atoms with van der Waals surface area (Å²) in [4.78, 5) is 27.3. The number of imidazole rings is 1. The van der Waals surface area contributed by atoms with Gasteiger partial charge in [-0.15, -0.1) is 11.6 Å². The van der Waals surface area contributed by atoms with Crippen LogP contribution in [0.25, 0.3) is 11.2 Å². The molecular formula is C25H33ClFN6O6PS. The maximum atomic E-state index is 15.8. The molecule has 1 saturated heterocycles. The molecule has 4 rings (SSSR count). The van der Waals surface area contributed by atoms with Crippen LogP contribution < -0.4 is 14.5 Å². The van der Waals surface area contributed by atoms with E-state index in [0.29, 0.717) is 28.6 Å². The molecule has 16 heteroatoms. The molecule has 1 aliphatic heterocycles. The van der Waals surface area contributed by atoms with Gasteiger partial charge in [-0.1, -0.05) is 18.2 Å². The van der Waals surface area contributed by atoms with Crippen LogP contribution in [0.5, 0.6) is 5.75 Å². The minimum absolute atomic E-state index is 0.173. The Morgan fingerprint density at radius 2 is 2.07 bits per heavy atom. The topological polar surface area (TPSA) is 133 Å². The lowest BCUT2D eigenvalue weighted by Crippen LogP contribution is -2.48. The van der Waals surface area contributed by atoms with Crippen molar-refractivity contribution in [3.63, 3.8) is 0 Å². The number of carbonyl (C=O) groups excluding carboxylic acids is 1. The fourth-order valence-corrected chi connectivity index (χ4v) is 7.00. The molecule has 2 N–H and O–H groups in total. The maximum absolute atomic E-state index is 15.8. The van der Waals surface area contributed by atoms with Crippen LogP contribution in [0.1, 0.15) is 25.9 Å². The number of halogens is 2. The predicted molar refractivity (Wildman–Crippen MR) is 155 cm³/mol. The summed E-state index contributed by atoms with van der Waals surface area (Å²) < 4.78 is 40.4. The molecule has 1 aromatic carbocycles. The van der Waals surface area contributed by atoms with Crippen LogP contribution in [0.4, 0.5) is 10.2 Å². The normalized spacial score (nSPS) is 24.6. The van der Waals surface area contributed by atoms with Gasteiger partial charge >= 0.3 is 12.6 Å². The van der Waals surface area contributed by atoms with Gasteiger partial charge in [0.25, 0.3) is 0 Å². The smallest absolute Gasteiger partial charge is 0.323 e. The standard InChI is InChI=1S/C25H33ClFN6O6PS/c1-6-36-24(35)15(2)31-40(41,39-17-10-8-7-9-11-17)37-13-25(12-26)20(34)18(27)23(38-25)33-14-28-19-21(32(4)5)29-16(3)30-22(19)33/h7-11,14-15,18,20,23,34H,6,12-13H2,1-5H3,(H,31,41)/t15-,18-,20-,23+,25+,40?/m0/s1. The van der Waals surface area contributed by atoms with Crippen LogP contribution in [-0.4, -0.2) is 87.7 Å². The number of aromatic nitrogens is 4. The number of nitrogens with one attached hydrogen (secondary N) is 1. The maximum Gasteiger partial charge on any atom is 0.323 e. The van der Waals surface area contributed by atoms with Gasteiger partial charge < -0.3 is 28.5 Å². The Hall–Kier alpha value is -2.45. The van der Waals surface area contributed by atoms with E-state index in [1.165, 1.54) is 10.9 Å². The Morgan fingerprint density at radius 1 is 1.37 bits per heavy atom. The quantitative estimate of drug-likeness (QED) is 0.173. The molecule has 0 amide bonds. The van der Waals surface area contributed by atoms with Crippen molar-refractivity contribution in [2.24, 2.45) is 0 Å². The van der Waals surface area contributed by atoms with E-state index in [-0.39, 0.29) is 12.5 Å². The molecule has 2 aromatic heterocycles. The second kappa shape index (κ2) is 12.8. The third kappa shape index (κ3) is 6.64. The molecular weight excluding hydrogens is 598 g/mol. The third-order valence-electron chi connectivity index (χ3n) is 6.35. The number of para-hydroxylation sites is 1. The molecule has 41 heavy (non-hydrogen) atoms. The first-order valence-electron chi connectivity index (χ1n) is 12.8. The van der Waals surface area contributed by atoms with Crippen molar-refractivity contribution in [3.05, 3.63) is 42.5 Å². The zero-order valence-corrected chi connectivity index (χ0v) is 25.7. The summed E-state index contributed by atoms with van der Waals surface area (Å²) in [6.07, 6.45) is -3.58. The second-order valence-electron chi connectivity index (χ2n) is 9.69. The van der Waals surface area contributed by atoms with Gasteiger partial charge in [-0.25, -0.2) is 24.4 Å². The van der Waals surface area contributed by atoms with Crippen molar-refractivity contribution in [2.45, 2.75) is 50.9 Å². The summed E-state index contributed by atoms with van der Waals surface area (Å²) in [6, 6.07) is 7.74. The van der Waals surface area contributed by atoms with Crippen LogP contribution in [-0.2, 0) is 30.6 Å². The number of esters is 1. The molecule has 1 fully saturated rings. The highest BCUT2D eigenvalue weighted by molar-refractivity contribution is 8.09. The highest BCUT2D eigenvalue weighted by atomic mass is 35.5. The molecule has 1 unspecified atom stereocenters. The van der Waals surface area contributed by atoms with Crippen LogP contribution in [0.15, 0.2) is 36.7 Å². The molecule has 224 valence electrons. The molecule has 0 aliphatic carbocycles. The summed E-state index contributed by atoms with van der Waals surface area (Å²) in [5.74, 6) is 0.474. The number of carbonyl (C=O) groups is 1. The van der Waals surface area contributed by atoms with E-state index in [9.17, 15) is 9.90 Å². The zero-order chi connectivity index (χ0) is 29.9. The van der Waals surface area contributed by atoms with Crippen molar-refractivity contribution < 1.29 is 32.8 Å². The van der Waals surface area contributed by atoms with Gasteiger partial charge in [0.15, 0.2) is 29.4 Å².